The Morgan fingerprint density at radius 2 is 1.93 bits per heavy atom. The van der Waals surface area contributed by atoms with E-state index in [0.29, 0.717) is 29.4 Å². The molecule has 0 bridgehead atoms. The Hall–Kier alpha value is -2.44. The number of fused-ring (bicyclic) bond motifs is 1. The predicted molar refractivity (Wildman–Crippen MR) is 110 cm³/mol. The lowest BCUT2D eigenvalue weighted by Crippen LogP contribution is -2.28. The van der Waals surface area contributed by atoms with Crippen molar-refractivity contribution in [1.29, 1.82) is 10.8 Å². The molecule has 6 heteroatoms. The van der Waals surface area contributed by atoms with Crippen LogP contribution in [0.4, 0.5) is 0 Å². The number of pyridine rings is 1. The molecule has 1 aliphatic carbocycles. The maximum atomic E-state index is 8.51. The third-order valence-electron chi connectivity index (χ3n) is 5.94. The first-order valence-electron chi connectivity index (χ1n) is 10.1. The fourth-order valence-electron chi connectivity index (χ4n) is 4.41. The summed E-state index contributed by atoms with van der Waals surface area (Å²) in [5.41, 5.74) is 8.87. The van der Waals surface area contributed by atoms with Gasteiger partial charge in [0.1, 0.15) is 23.2 Å². The standard InChI is InChI=1S/C22H29N5O/c1-26-11-10-15(13-26)12-22(25)27-14-16(6-9-21(27)24)28-20-8-7-19(23)17-4-2-3-5-18(17)20/h2-6,9,14-15,19-20,24-25H,7-8,10-13,23H2,1H3. The lowest BCUT2D eigenvalue weighted by atomic mass is 9.86. The number of nitrogens with two attached hydrogens (primary N) is 1. The number of nitrogens with one attached hydrogen (secondary N) is 2. The SMILES string of the molecule is CN1CCC(CC(=N)n2cc(OC3CCC(N)c4ccccc43)ccc2=N)C1. The quantitative estimate of drug-likeness (QED) is 0.563. The van der Waals surface area contributed by atoms with Crippen LogP contribution in [-0.2, 0) is 0 Å². The van der Waals surface area contributed by atoms with Gasteiger partial charge >= 0.3 is 0 Å². The van der Waals surface area contributed by atoms with Gasteiger partial charge in [-0.25, -0.2) is 0 Å². The first kappa shape index (κ1) is 18.9. The van der Waals surface area contributed by atoms with Crippen molar-refractivity contribution < 1.29 is 4.74 Å². The number of aromatic nitrogens is 1. The molecule has 3 unspecified atom stereocenters. The summed E-state index contributed by atoms with van der Waals surface area (Å²) in [5, 5.41) is 16.7. The molecule has 1 fully saturated rings. The van der Waals surface area contributed by atoms with Gasteiger partial charge in [0.05, 0.1) is 6.20 Å². The summed E-state index contributed by atoms with van der Waals surface area (Å²) >= 11 is 0. The largest absolute Gasteiger partial charge is 0.484 e. The topological polar surface area (TPSA) is 91.1 Å². The number of likely N-dealkylation sites (tertiary alicyclic amines) is 1. The van der Waals surface area contributed by atoms with E-state index < -0.39 is 0 Å². The lowest BCUT2D eigenvalue weighted by Gasteiger charge is -2.30. The van der Waals surface area contributed by atoms with Gasteiger partial charge in [-0.2, -0.15) is 0 Å². The molecule has 2 aromatic rings. The summed E-state index contributed by atoms with van der Waals surface area (Å²) in [6, 6.07) is 11.8. The maximum absolute atomic E-state index is 8.51. The molecule has 3 atom stereocenters. The lowest BCUT2D eigenvalue weighted by molar-refractivity contribution is 0.176. The normalized spacial score (nSPS) is 24.7. The minimum Gasteiger partial charge on any atom is -0.484 e. The van der Waals surface area contributed by atoms with Crippen LogP contribution in [0.25, 0.3) is 0 Å². The van der Waals surface area contributed by atoms with Crippen molar-refractivity contribution in [3.8, 4) is 5.75 Å². The minimum absolute atomic E-state index is 0.0429. The average molecular weight is 380 g/mol. The van der Waals surface area contributed by atoms with Crippen molar-refractivity contribution in [3.05, 3.63) is 59.2 Å². The first-order valence-corrected chi connectivity index (χ1v) is 10.1. The molecule has 28 heavy (non-hydrogen) atoms. The molecule has 1 aromatic heterocycles. The molecule has 2 heterocycles. The number of rotatable bonds is 4. The van der Waals surface area contributed by atoms with Gasteiger partial charge in [-0.1, -0.05) is 24.3 Å². The molecule has 2 aliphatic rings. The number of hydrogen-bond donors (Lipinski definition) is 3. The molecule has 6 nitrogen and oxygen atoms in total. The van der Waals surface area contributed by atoms with Crippen LogP contribution in [0, 0.1) is 16.7 Å². The molecule has 1 aliphatic heterocycles. The van der Waals surface area contributed by atoms with Crippen LogP contribution in [0.15, 0.2) is 42.6 Å². The highest BCUT2D eigenvalue weighted by Crippen LogP contribution is 2.37. The first-order chi connectivity index (χ1) is 13.5. The molecule has 0 spiro atoms. The second kappa shape index (κ2) is 7.89. The van der Waals surface area contributed by atoms with Gasteiger partial charge in [-0.3, -0.25) is 15.4 Å². The number of hydrogen-bond acceptors (Lipinski definition) is 5. The summed E-state index contributed by atoms with van der Waals surface area (Å²) in [5.74, 6) is 1.64. The fraction of sp³-hybridized carbons (Fsp3) is 0.455. The Kier molecular flexibility index (Phi) is 5.33. The van der Waals surface area contributed by atoms with Crippen molar-refractivity contribution in [2.45, 2.75) is 37.8 Å². The zero-order valence-electron chi connectivity index (χ0n) is 16.4. The van der Waals surface area contributed by atoms with Crippen molar-refractivity contribution in [3.63, 3.8) is 0 Å². The summed E-state index contributed by atoms with van der Waals surface area (Å²) in [4.78, 5) is 2.30. The molecular formula is C22H29N5O. The maximum Gasteiger partial charge on any atom is 0.137 e. The summed E-state index contributed by atoms with van der Waals surface area (Å²) < 4.78 is 7.95. The van der Waals surface area contributed by atoms with E-state index in [-0.39, 0.29) is 12.1 Å². The highest BCUT2D eigenvalue weighted by atomic mass is 16.5. The molecular weight excluding hydrogens is 350 g/mol. The predicted octanol–water partition coefficient (Wildman–Crippen LogP) is 3.05. The van der Waals surface area contributed by atoms with Crippen LogP contribution in [0.3, 0.4) is 0 Å². The second-order valence-corrected chi connectivity index (χ2v) is 8.11. The van der Waals surface area contributed by atoms with Crippen molar-refractivity contribution >= 4 is 5.84 Å². The Bertz CT molecular complexity index is 921. The van der Waals surface area contributed by atoms with Gasteiger partial charge < -0.3 is 15.4 Å². The van der Waals surface area contributed by atoms with Gasteiger partial charge in [-0.15, -0.1) is 0 Å². The highest BCUT2D eigenvalue weighted by molar-refractivity contribution is 5.81. The van der Waals surface area contributed by atoms with Crippen LogP contribution in [0.1, 0.15) is 49.0 Å². The van der Waals surface area contributed by atoms with Gasteiger partial charge in [0.25, 0.3) is 0 Å². The van der Waals surface area contributed by atoms with Crippen molar-refractivity contribution in [2.24, 2.45) is 11.7 Å². The monoisotopic (exact) mass is 379 g/mol. The molecule has 4 rings (SSSR count). The Balaban J connectivity index is 1.52. The van der Waals surface area contributed by atoms with E-state index in [4.69, 9.17) is 21.3 Å². The van der Waals surface area contributed by atoms with Crippen LogP contribution in [0.2, 0.25) is 0 Å². The highest BCUT2D eigenvalue weighted by Gasteiger charge is 2.26. The van der Waals surface area contributed by atoms with Crippen molar-refractivity contribution in [1.82, 2.24) is 9.47 Å². The van der Waals surface area contributed by atoms with Gasteiger partial charge in [0, 0.05) is 19.0 Å². The van der Waals surface area contributed by atoms with E-state index in [1.165, 1.54) is 0 Å². The summed E-state index contributed by atoms with van der Waals surface area (Å²) in [6.45, 7) is 2.11. The number of nitrogens with zero attached hydrogens (tertiary/aromatic N) is 2. The molecule has 1 aromatic carbocycles. The van der Waals surface area contributed by atoms with E-state index in [2.05, 4.69) is 24.1 Å². The van der Waals surface area contributed by atoms with Crippen LogP contribution < -0.4 is 16.0 Å². The van der Waals surface area contributed by atoms with Crippen LogP contribution >= 0.6 is 0 Å². The van der Waals surface area contributed by atoms with E-state index in [0.717, 1.165) is 43.5 Å². The summed E-state index contributed by atoms with van der Waals surface area (Å²) in [6.07, 6.45) is 5.31. The van der Waals surface area contributed by atoms with Gasteiger partial charge in [0.15, 0.2) is 0 Å². The molecule has 1 saturated heterocycles. The average Bonchev–Trinajstić information content (AvgIpc) is 3.10. The third kappa shape index (κ3) is 3.88. The molecule has 4 N–H and O–H groups in total. The second-order valence-electron chi connectivity index (χ2n) is 8.11. The Morgan fingerprint density at radius 3 is 2.68 bits per heavy atom. The smallest absolute Gasteiger partial charge is 0.137 e. The molecule has 148 valence electrons. The third-order valence-corrected chi connectivity index (χ3v) is 5.94. The van der Waals surface area contributed by atoms with E-state index in [9.17, 15) is 0 Å². The van der Waals surface area contributed by atoms with E-state index in [1.807, 2.05) is 18.2 Å². The zero-order valence-corrected chi connectivity index (χ0v) is 16.4. The van der Waals surface area contributed by atoms with Crippen LogP contribution in [-0.4, -0.2) is 35.4 Å². The number of ether oxygens (including phenoxy) is 1. The molecule has 0 radical (unpaired) electrons. The van der Waals surface area contributed by atoms with Gasteiger partial charge in [-0.05, 0) is 62.0 Å². The van der Waals surface area contributed by atoms with Crippen LogP contribution in [0.5, 0.6) is 5.75 Å². The fourth-order valence-corrected chi connectivity index (χ4v) is 4.41. The minimum atomic E-state index is -0.0429. The van der Waals surface area contributed by atoms with E-state index in [1.54, 1.807) is 16.8 Å². The number of benzene rings is 1. The van der Waals surface area contributed by atoms with Gasteiger partial charge in [0.2, 0.25) is 0 Å². The Morgan fingerprint density at radius 1 is 1.14 bits per heavy atom. The van der Waals surface area contributed by atoms with E-state index >= 15 is 0 Å². The molecule has 0 saturated carbocycles. The summed E-state index contributed by atoms with van der Waals surface area (Å²) in [7, 11) is 2.12. The van der Waals surface area contributed by atoms with Crippen molar-refractivity contribution in [2.75, 3.05) is 20.1 Å². The zero-order chi connectivity index (χ0) is 19.7. The Labute approximate surface area is 166 Å². The molecule has 0 amide bonds.